The van der Waals surface area contributed by atoms with Gasteiger partial charge in [-0.05, 0) is 38.6 Å². The third-order valence-electron chi connectivity index (χ3n) is 6.84. The van der Waals surface area contributed by atoms with Crippen LogP contribution in [0.15, 0.2) is 0 Å². The normalized spacial score (nSPS) is 47.6. The maximum absolute atomic E-state index is 12.3. The SMILES string of the molecule is CO[C@@H]1CCCN2[C@@H](CC[C@H]2[C@@H]2C[C@H](C)C(=O)O2)[C@]12C[C@H](C)C(=O)O2. The first-order chi connectivity index (χ1) is 12.0. The van der Waals surface area contributed by atoms with Crippen LogP contribution in [0.25, 0.3) is 0 Å². The lowest BCUT2D eigenvalue weighted by atomic mass is 9.81. The van der Waals surface area contributed by atoms with E-state index in [1.165, 1.54) is 0 Å². The van der Waals surface area contributed by atoms with Crippen LogP contribution in [-0.2, 0) is 23.8 Å². The zero-order chi connectivity index (χ0) is 17.8. The molecule has 0 aliphatic carbocycles. The van der Waals surface area contributed by atoms with E-state index in [0.29, 0.717) is 0 Å². The zero-order valence-electron chi connectivity index (χ0n) is 15.4. The number of carbonyl (C=O) groups is 2. The Hall–Kier alpha value is -1.14. The minimum atomic E-state index is -0.551. The number of hydrogen-bond donors (Lipinski definition) is 0. The van der Waals surface area contributed by atoms with Crippen LogP contribution in [0.4, 0.5) is 0 Å². The standard InChI is InChI=1S/C19H29NO5/c1-11-9-14(24-17(11)21)13-6-7-15-19(10-12(2)18(22)25-19)16(23-3)5-4-8-20(13)15/h11-16H,4-10H2,1-3H3/t11-,12-,13-,14-,15-,16+,19+/m0/s1. The summed E-state index contributed by atoms with van der Waals surface area (Å²) in [7, 11) is 1.73. The van der Waals surface area contributed by atoms with Gasteiger partial charge in [0, 0.05) is 19.6 Å². The lowest BCUT2D eigenvalue weighted by molar-refractivity contribution is -0.172. The molecule has 0 amide bonds. The molecule has 0 N–H and O–H groups in total. The molecular formula is C19H29NO5. The predicted molar refractivity (Wildman–Crippen MR) is 89.8 cm³/mol. The Morgan fingerprint density at radius 3 is 2.52 bits per heavy atom. The molecule has 1 spiro atoms. The summed E-state index contributed by atoms with van der Waals surface area (Å²) in [5, 5.41) is 0. The number of carbonyl (C=O) groups excluding carboxylic acids is 2. The van der Waals surface area contributed by atoms with Gasteiger partial charge in [-0.2, -0.15) is 0 Å². The van der Waals surface area contributed by atoms with Crippen LogP contribution in [-0.4, -0.2) is 60.4 Å². The van der Waals surface area contributed by atoms with E-state index in [9.17, 15) is 9.59 Å². The average molecular weight is 351 g/mol. The summed E-state index contributed by atoms with van der Waals surface area (Å²) in [6, 6.07) is 0.398. The molecule has 6 nitrogen and oxygen atoms in total. The van der Waals surface area contributed by atoms with Gasteiger partial charge in [0.05, 0.1) is 24.0 Å². The lowest BCUT2D eigenvalue weighted by Crippen LogP contribution is -2.57. The van der Waals surface area contributed by atoms with E-state index >= 15 is 0 Å². The van der Waals surface area contributed by atoms with Crippen LogP contribution in [0, 0.1) is 11.8 Å². The number of methoxy groups -OCH3 is 1. The highest BCUT2D eigenvalue weighted by Crippen LogP contribution is 2.48. The molecule has 4 aliphatic rings. The Morgan fingerprint density at radius 2 is 1.92 bits per heavy atom. The summed E-state index contributed by atoms with van der Waals surface area (Å²) < 4.78 is 17.5. The summed E-state index contributed by atoms with van der Waals surface area (Å²) in [5.41, 5.74) is -0.551. The average Bonchev–Trinajstić information content (AvgIpc) is 3.19. The summed E-state index contributed by atoms with van der Waals surface area (Å²) in [5.74, 6) is -0.274. The first-order valence-corrected chi connectivity index (χ1v) is 9.68. The Balaban J connectivity index is 1.62. The van der Waals surface area contributed by atoms with Crippen LogP contribution in [0.5, 0.6) is 0 Å². The van der Waals surface area contributed by atoms with Crippen molar-refractivity contribution in [3.63, 3.8) is 0 Å². The van der Waals surface area contributed by atoms with E-state index in [0.717, 1.165) is 45.1 Å². The molecule has 25 heavy (non-hydrogen) atoms. The van der Waals surface area contributed by atoms with Crippen molar-refractivity contribution in [2.45, 2.75) is 82.3 Å². The van der Waals surface area contributed by atoms with Crippen LogP contribution >= 0.6 is 0 Å². The summed E-state index contributed by atoms with van der Waals surface area (Å²) >= 11 is 0. The molecule has 0 radical (unpaired) electrons. The molecule has 0 unspecified atom stereocenters. The van der Waals surface area contributed by atoms with Gasteiger partial charge in [0.15, 0.2) is 5.60 Å². The van der Waals surface area contributed by atoms with E-state index in [-0.39, 0.29) is 48.1 Å². The third kappa shape index (κ3) is 2.60. The van der Waals surface area contributed by atoms with Gasteiger partial charge in [-0.15, -0.1) is 0 Å². The quantitative estimate of drug-likeness (QED) is 0.708. The second-order valence-electron chi connectivity index (χ2n) is 8.36. The smallest absolute Gasteiger partial charge is 0.309 e. The van der Waals surface area contributed by atoms with Crippen molar-refractivity contribution in [3.8, 4) is 0 Å². The molecule has 4 saturated heterocycles. The Bertz CT molecular complexity index is 566. The van der Waals surface area contributed by atoms with E-state index < -0.39 is 5.60 Å². The summed E-state index contributed by atoms with van der Waals surface area (Å²) in [6.07, 6.45) is 5.29. The van der Waals surface area contributed by atoms with Gasteiger partial charge in [-0.3, -0.25) is 14.5 Å². The second kappa shape index (κ2) is 6.23. The molecule has 4 rings (SSSR count). The van der Waals surface area contributed by atoms with Crippen molar-refractivity contribution in [2.24, 2.45) is 11.8 Å². The van der Waals surface area contributed by atoms with E-state index in [4.69, 9.17) is 14.2 Å². The molecule has 0 saturated carbocycles. The Kier molecular flexibility index (Phi) is 4.31. The minimum Gasteiger partial charge on any atom is -0.460 e. The molecule has 0 aromatic heterocycles. The topological polar surface area (TPSA) is 65.1 Å². The Morgan fingerprint density at radius 1 is 1.12 bits per heavy atom. The molecule has 0 bridgehead atoms. The third-order valence-corrected chi connectivity index (χ3v) is 6.84. The van der Waals surface area contributed by atoms with Crippen LogP contribution in [0.3, 0.4) is 0 Å². The van der Waals surface area contributed by atoms with Gasteiger partial charge in [0.2, 0.25) is 0 Å². The molecule has 0 aromatic carbocycles. The number of esters is 2. The highest BCUT2D eigenvalue weighted by molar-refractivity contribution is 5.75. The van der Waals surface area contributed by atoms with Crippen LogP contribution in [0.2, 0.25) is 0 Å². The molecule has 7 atom stereocenters. The number of rotatable bonds is 2. The fourth-order valence-electron chi connectivity index (χ4n) is 5.66. The van der Waals surface area contributed by atoms with Gasteiger partial charge in [0.25, 0.3) is 0 Å². The second-order valence-corrected chi connectivity index (χ2v) is 8.36. The number of fused-ring (bicyclic) bond motifs is 2. The fraction of sp³-hybridized carbons (Fsp3) is 0.895. The Labute approximate surface area is 149 Å². The molecule has 4 aliphatic heterocycles. The minimum absolute atomic E-state index is 0.0129. The zero-order valence-corrected chi connectivity index (χ0v) is 15.4. The van der Waals surface area contributed by atoms with Gasteiger partial charge in [-0.25, -0.2) is 0 Å². The van der Waals surface area contributed by atoms with Crippen molar-refractivity contribution in [1.29, 1.82) is 0 Å². The highest BCUT2D eigenvalue weighted by Gasteiger charge is 2.61. The van der Waals surface area contributed by atoms with Crippen molar-refractivity contribution in [1.82, 2.24) is 4.90 Å². The van der Waals surface area contributed by atoms with Gasteiger partial charge in [0.1, 0.15) is 6.10 Å². The molecule has 140 valence electrons. The number of hydrogen-bond acceptors (Lipinski definition) is 6. The molecule has 4 fully saturated rings. The van der Waals surface area contributed by atoms with E-state index in [1.54, 1.807) is 7.11 Å². The molecular weight excluding hydrogens is 322 g/mol. The van der Waals surface area contributed by atoms with Crippen molar-refractivity contribution >= 4 is 11.9 Å². The highest BCUT2D eigenvalue weighted by atomic mass is 16.6. The maximum atomic E-state index is 12.3. The molecule has 0 aromatic rings. The van der Waals surface area contributed by atoms with Gasteiger partial charge >= 0.3 is 11.9 Å². The van der Waals surface area contributed by atoms with E-state index in [2.05, 4.69) is 4.90 Å². The van der Waals surface area contributed by atoms with Crippen molar-refractivity contribution < 1.29 is 23.8 Å². The van der Waals surface area contributed by atoms with Crippen molar-refractivity contribution in [2.75, 3.05) is 13.7 Å². The maximum Gasteiger partial charge on any atom is 0.309 e. The van der Waals surface area contributed by atoms with Crippen LogP contribution in [0.1, 0.15) is 52.4 Å². The largest absolute Gasteiger partial charge is 0.460 e. The number of ether oxygens (including phenoxy) is 3. The van der Waals surface area contributed by atoms with Crippen LogP contribution < -0.4 is 0 Å². The first-order valence-electron chi connectivity index (χ1n) is 9.68. The summed E-state index contributed by atoms with van der Waals surface area (Å²) in [6.45, 7) is 4.84. The number of cyclic esters (lactones) is 1. The van der Waals surface area contributed by atoms with Gasteiger partial charge in [-0.1, -0.05) is 13.8 Å². The van der Waals surface area contributed by atoms with Crippen molar-refractivity contribution in [3.05, 3.63) is 0 Å². The first kappa shape index (κ1) is 17.3. The predicted octanol–water partition coefficient (Wildman–Crippen LogP) is 1.90. The van der Waals surface area contributed by atoms with E-state index in [1.807, 2.05) is 13.8 Å². The fourth-order valence-corrected chi connectivity index (χ4v) is 5.66. The molecule has 6 heteroatoms. The molecule has 4 heterocycles. The summed E-state index contributed by atoms with van der Waals surface area (Å²) in [4.78, 5) is 26.6. The lowest BCUT2D eigenvalue weighted by Gasteiger charge is -2.42. The number of nitrogens with zero attached hydrogens (tertiary/aromatic N) is 1. The van der Waals surface area contributed by atoms with Gasteiger partial charge < -0.3 is 14.2 Å². The monoisotopic (exact) mass is 351 g/mol.